The maximum Gasteiger partial charge on any atom is 0.241 e. The summed E-state index contributed by atoms with van der Waals surface area (Å²) in [5, 5.41) is 2.83. The normalized spacial score (nSPS) is 15.0. The van der Waals surface area contributed by atoms with Crippen molar-refractivity contribution in [2.24, 2.45) is 0 Å². The highest BCUT2D eigenvalue weighted by Gasteiger charge is 2.23. The zero-order valence-electron chi connectivity index (χ0n) is 11.2. The summed E-state index contributed by atoms with van der Waals surface area (Å²) in [5.74, 6) is -0.572. The van der Waals surface area contributed by atoms with Crippen LogP contribution in [0.15, 0.2) is 27.6 Å². The molecule has 2 N–H and O–H groups in total. The Morgan fingerprint density at radius 3 is 2.71 bits per heavy atom. The number of nitrogens with one attached hydrogen (secondary N) is 2. The molecule has 0 heterocycles. The topological polar surface area (TPSA) is 75.3 Å². The van der Waals surface area contributed by atoms with Crippen LogP contribution in [0.25, 0.3) is 0 Å². The summed E-state index contributed by atoms with van der Waals surface area (Å²) >= 11 is 3.03. The van der Waals surface area contributed by atoms with Gasteiger partial charge in [-0.15, -0.1) is 0 Å². The second-order valence-corrected chi connectivity index (χ2v) is 7.51. The van der Waals surface area contributed by atoms with Gasteiger partial charge in [0.15, 0.2) is 0 Å². The molecule has 1 aliphatic carbocycles. The molecule has 0 bridgehead atoms. The molecule has 1 saturated carbocycles. The molecule has 0 radical (unpaired) electrons. The molecule has 1 aromatic carbocycles. The lowest BCUT2D eigenvalue weighted by atomic mass is 10.3. The molecule has 116 valence electrons. The largest absolute Gasteiger partial charge is 0.353 e. The standard InChI is InChI=1S/C13H16BrFN2O3S/c14-11-8-9(15)3-6-12(11)21(19,20)16-7-1-2-13(18)17-10-4-5-10/h3,6,8,10,16H,1-2,4-5,7H2,(H,17,18). The number of benzene rings is 1. The van der Waals surface area contributed by atoms with Gasteiger partial charge in [0.2, 0.25) is 15.9 Å². The lowest BCUT2D eigenvalue weighted by molar-refractivity contribution is -0.121. The molecule has 1 aliphatic rings. The Morgan fingerprint density at radius 1 is 1.38 bits per heavy atom. The third kappa shape index (κ3) is 5.05. The van der Waals surface area contributed by atoms with Crippen molar-refractivity contribution in [1.82, 2.24) is 10.0 Å². The number of halogens is 2. The number of rotatable bonds is 7. The Kier molecular flexibility index (Phi) is 5.34. The van der Waals surface area contributed by atoms with Gasteiger partial charge in [0.1, 0.15) is 5.82 Å². The van der Waals surface area contributed by atoms with Gasteiger partial charge in [0.05, 0.1) is 4.90 Å². The van der Waals surface area contributed by atoms with Crippen LogP contribution >= 0.6 is 15.9 Å². The molecule has 21 heavy (non-hydrogen) atoms. The molecule has 0 saturated heterocycles. The third-order valence-electron chi connectivity index (χ3n) is 3.00. The van der Waals surface area contributed by atoms with Crippen LogP contribution in [-0.4, -0.2) is 26.9 Å². The van der Waals surface area contributed by atoms with Crippen molar-refractivity contribution in [3.8, 4) is 0 Å². The van der Waals surface area contributed by atoms with Gasteiger partial charge in [0, 0.05) is 23.5 Å². The number of amides is 1. The number of hydrogen-bond acceptors (Lipinski definition) is 3. The number of hydrogen-bond donors (Lipinski definition) is 2. The zero-order chi connectivity index (χ0) is 15.5. The third-order valence-corrected chi connectivity index (χ3v) is 5.44. The van der Waals surface area contributed by atoms with E-state index in [1.54, 1.807) is 0 Å². The van der Waals surface area contributed by atoms with Crippen LogP contribution in [-0.2, 0) is 14.8 Å². The van der Waals surface area contributed by atoms with Crippen LogP contribution in [0.4, 0.5) is 4.39 Å². The average Bonchev–Trinajstić information content (AvgIpc) is 3.18. The molecule has 0 aliphatic heterocycles. The second-order valence-electron chi connectivity index (χ2n) is 4.92. The van der Waals surface area contributed by atoms with E-state index in [4.69, 9.17) is 0 Å². The highest BCUT2D eigenvalue weighted by molar-refractivity contribution is 9.10. The number of carbonyl (C=O) groups excluding carboxylic acids is 1. The molecule has 0 spiro atoms. The Hall–Kier alpha value is -0.990. The maximum absolute atomic E-state index is 13.0. The van der Waals surface area contributed by atoms with E-state index in [2.05, 4.69) is 26.0 Å². The van der Waals surface area contributed by atoms with Crippen LogP contribution in [0.1, 0.15) is 25.7 Å². The summed E-state index contributed by atoms with van der Waals surface area (Å²) in [6.07, 6.45) is 2.74. The van der Waals surface area contributed by atoms with Crippen LogP contribution in [0.5, 0.6) is 0 Å². The lowest BCUT2D eigenvalue weighted by Gasteiger charge is -2.08. The molecule has 1 amide bonds. The van der Waals surface area contributed by atoms with Gasteiger partial charge < -0.3 is 5.32 Å². The van der Waals surface area contributed by atoms with Gasteiger partial charge in [-0.2, -0.15) is 0 Å². The Balaban J connectivity index is 1.81. The summed E-state index contributed by atoms with van der Waals surface area (Å²) in [4.78, 5) is 11.4. The Labute approximate surface area is 131 Å². The molecule has 5 nitrogen and oxygen atoms in total. The zero-order valence-corrected chi connectivity index (χ0v) is 13.6. The van der Waals surface area contributed by atoms with Crippen molar-refractivity contribution in [2.45, 2.75) is 36.6 Å². The van der Waals surface area contributed by atoms with Crippen molar-refractivity contribution in [2.75, 3.05) is 6.54 Å². The van der Waals surface area contributed by atoms with E-state index < -0.39 is 15.8 Å². The van der Waals surface area contributed by atoms with Gasteiger partial charge in [-0.05, 0) is 53.4 Å². The van der Waals surface area contributed by atoms with Gasteiger partial charge in [-0.25, -0.2) is 17.5 Å². The van der Waals surface area contributed by atoms with E-state index in [0.29, 0.717) is 12.5 Å². The van der Waals surface area contributed by atoms with Crippen LogP contribution in [0, 0.1) is 5.82 Å². The van der Waals surface area contributed by atoms with Crippen molar-refractivity contribution in [1.29, 1.82) is 0 Å². The summed E-state index contributed by atoms with van der Waals surface area (Å²) in [7, 11) is -3.71. The number of sulfonamides is 1. The van der Waals surface area contributed by atoms with E-state index in [-0.39, 0.29) is 28.2 Å². The monoisotopic (exact) mass is 378 g/mol. The van der Waals surface area contributed by atoms with Crippen LogP contribution in [0.2, 0.25) is 0 Å². The van der Waals surface area contributed by atoms with Crippen molar-refractivity contribution >= 4 is 31.9 Å². The number of carbonyl (C=O) groups is 1. The molecular formula is C13H16BrFN2O3S. The van der Waals surface area contributed by atoms with E-state index in [1.165, 1.54) is 6.07 Å². The van der Waals surface area contributed by atoms with Gasteiger partial charge in [-0.3, -0.25) is 4.79 Å². The lowest BCUT2D eigenvalue weighted by Crippen LogP contribution is -2.28. The molecule has 8 heteroatoms. The minimum Gasteiger partial charge on any atom is -0.353 e. The van der Waals surface area contributed by atoms with E-state index in [1.807, 2.05) is 0 Å². The van der Waals surface area contributed by atoms with Gasteiger partial charge >= 0.3 is 0 Å². The fraction of sp³-hybridized carbons (Fsp3) is 0.462. The van der Waals surface area contributed by atoms with E-state index in [9.17, 15) is 17.6 Å². The summed E-state index contributed by atoms with van der Waals surface area (Å²) in [6, 6.07) is 3.69. The van der Waals surface area contributed by atoms with Crippen molar-refractivity contribution in [3.05, 3.63) is 28.5 Å². The summed E-state index contributed by atoms with van der Waals surface area (Å²) < 4.78 is 39.6. The predicted octanol–water partition coefficient (Wildman–Crippen LogP) is 1.93. The van der Waals surface area contributed by atoms with E-state index in [0.717, 1.165) is 25.0 Å². The smallest absolute Gasteiger partial charge is 0.241 e. The highest BCUT2D eigenvalue weighted by atomic mass is 79.9. The Bertz CT molecular complexity index is 632. The average molecular weight is 379 g/mol. The Morgan fingerprint density at radius 2 is 2.10 bits per heavy atom. The van der Waals surface area contributed by atoms with Crippen LogP contribution < -0.4 is 10.0 Å². The minimum absolute atomic E-state index is 0.0219. The SMILES string of the molecule is O=C(CCCNS(=O)(=O)c1ccc(F)cc1Br)NC1CC1. The highest BCUT2D eigenvalue weighted by Crippen LogP contribution is 2.22. The van der Waals surface area contributed by atoms with E-state index >= 15 is 0 Å². The molecule has 0 atom stereocenters. The van der Waals surface area contributed by atoms with Crippen LogP contribution in [0.3, 0.4) is 0 Å². The van der Waals surface area contributed by atoms with Crippen molar-refractivity contribution < 1.29 is 17.6 Å². The summed E-state index contributed by atoms with van der Waals surface area (Å²) in [5.41, 5.74) is 0. The second kappa shape index (κ2) is 6.85. The fourth-order valence-electron chi connectivity index (χ4n) is 1.75. The van der Waals surface area contributed by atoms with Crippen molar-refractivity contribution in [3.63, 3.8) is 0 Å². The maximum atomic E-state index is 13.0. The molecule has 0 aromatic heterocycles. The first-order chi connectivity index (χ1) is 9.88. The predicted molar refractivity (Wildman–Crippen MR) is 79.7 cm³/mol. The van der Waals surface area contributed by atoms with Gasteiger partial charge in [0.25, 0.3) is 0 Å². The molecular weight excluding hydrogens is 363 g/mol. The first-order valence-corrected chi connectivity index (χ1v) is 8.90. The minimum atomic E-state index is -3.71. The summed E-state index contributed by atoms with van der Waals surface area (Å²) in [6.45, 7) is 0.157. The first kappa shape index (κ1) is 16.4. The molecule has 1 fully saturated rings. The fourth-order valence-corrected chi connectivity index (χ4v) is 3.88. The molecule has 2 rings (SSSR count). The first-order valence-electron chi connectivity index (χ1n) is 6.62. The van der Waals surface area contributed by atoms with Gasteiger partial charge in [-0.1, -0.05) is 0 Å². The molecule has 1 aromatic rings. The molecule has 0 unspecified atom stereocenters. The quantitative estimate of drug-likeness (QED) is 0.711.